The summed E-state index contributed by atoms with van der Waals surface area (Å²) in [5.41, 5.74) is 3.98. The number of hydrogen-bond donors (Lipinski definition) is 3. The van der Waals surface area contributed by atoms with Gasteiger partial charge in [0.1, 0.15) is 0 Å². The highest BCUT2D eigenvalue weighted by atomic mass is 35.5. The Morgan fingerprint density at radius 3 is 2.36 bits per heavy atom. The van der Waals surface area contributed by atoms with Crippen LogP contribution in [0.25, 0.3) is 0 Å². The van der Waals surface area contributed by atoms with Gasteiger partial charge in [-0.3, -0.25) is 4.79 Å². The molecule has 0 bridgehead atoms. The van der Waals surface area contributed by atoms with Gasteiger partial charge in [0.05, 0.1) is 5.56 Å². The van der Waals surface area contributed by atoms with E-state index in [0.717, 1.165) is 44.5 Å². The number of nitrogens with one attached hydrogen (secondary N) is 3. The van der Waals surface area contributed by atoms with Gasteiger partial charge >= 0.3 is 6.03 Å². The minimum atomic E-state index is -0.394. The molecule has 0 atom stereocenters. The number of amides is 3. The van der Waals surface area contributed by atoms with Crippen LogP contribution >= 0.6 is 11.6 Å². The fourth-order valence-electron chi connectivity index (χ4n) is 4.84. The van der Waals surface area contributed by atoms with E-state index in [1.54, 1.807) is 30.3 Å². The number of carbonyl (C=O) groups excluding carboxylic acids is 2. The molecular weight excluding hydrogens is 512 g/mol. The Labute approximate surface area is 235 Å². The van der Waals surface area contributed by atoms with Crippen LogP contribution in [0.15, 0.2) is 72.8 Å². The van der Waals surface area contributed by atoms with Crippen molar-refractivity contribution in [1.82, 2.24) is 5.32 Å². The number of benzene rings is 3. The number of anilines is 3. The van der Waals surface area contributed by atoms with Gasteiger partial charge < -0.3 is 25.6 Å². The molecule has 1 saturated heterocycles. The minimum Gasteiger partial charge on any atom is -0.382 e. The third kappa shape index (κ3) is 8.73. The van der Waals surface area contributed by atoms with E-state index in [1.165, 1.54) is 5.56 Å². The SMILES string of the molecule is CCOCCCNC(=O)c1cc(NC(=O)Nc2ccc(Cl)cc2)ccc1N1CCC(Cc2ccccc2)CC1. The number of rotatable bonds is 11. The van der Waals surface area contributed by atoms with Gasteiger partial charge in [-0.1, -0.05) is 41.9 Å². The number of nitrogens with zero attached hydrogens (tertiary/aromatic N) is 1. The minimum absolute atomic E-state index is 0.158. The number of hydrogen-bond acceptors (Lipinski definition) is 4. The van der Waals surface area contributed by atoms with Crippen molar-refractivity contribution in [3.05, 3.63) is 88.9 Å². The lowest BCUT2D eigenvalue weighted by molar-refractivity contribution is 0.0944. The van der Waals surface area contributed by atoms with Crippen LogP contribution in [0, 0.1) is 5.92 Å². The molecule has 1 fully saturated rings. The normalized spacial score (nSPS) is 13.6. The Bertz CT molecular complexity index is 1210. The van der Waals surface area contributed by atoms with Gasteiger partial charge in [-0.2, -0.15) is 0 Å². The van der Waals surface area contributed by atoms with Crippen LogP contribution in [0.4, 0.5) is 21.9 Å². The van der Waals surface area contributed by atoms with Gasteiger partial charge in [0.25, 0.3) is 5.91 Å². The molecule has 1 aliphatic heterocycles. The predicted molar refractivity (Wildman–Crippen MR) is 159 cm³/mol. The van der Waals surface area contributed by atoms with E-state index in [9.17, 15) is 9.59 Å². The monoisotopic (exact) mass is 548 g/mol. The fourth-order valence-corrected chi connectivity index (χ4v) is 4.97. The maximum absolute atomic E-state index is 13.3. The maximum Gasteiger partial charge on any atom is 0.323 e. The van der Waals surface area contributed by atoms with Crippen molar-refractivity contribution in [2.75, 3.05) is 48.4 Å². The summed E-state index contributed by atoms with van der Waals surface area (Å²) in [6.07, 6.45) is 3.94. The predicted octanol–water partition coefficient (Wildman–Crippen LogP) is 6.60. The Morgan fingerprint density at radius 2 is 1.64 bits per heavy atom. The van der Waals surface area contributed by atoms with Crippen molar-refractivity contribution in [1.29, 1.82) is 0 Å². The molecule has 3 amide bonds. The summed E-state index contributed by atoms with van der Waals surface area (Å²) in [6, 6.07) is 22.6. The van der Waals surface area contributed by atoms with E-state index >= 15 is 0 Å². The van der Waals surface area contributed by atoms with Gasteiger partial charge in [-0.05, 0) is 86.6 Å². The highest BCUT2D eigenvalue weighted by Crippen LogP contribution is 2.30. The largest absolute Gasteiger partial charge is 0.382 e. The Balaban J connectivity index is 1.43. The molecule has 0 unspecified atom stereocenters. The summed E-state index contributed by atoms with van der Waals surface area (Å²) in [5, 5.41) is 9.25. The Hall–Kier alpha value is -3.55. The molecule has 0 spiro atoms. The smallest absolute Gasteiger partial charge is 0.323 e. The third-order valence-electron chi connectivity index (χ3n) is 6.88. The van der Waals surface area contributed by atoms with Gasteiger partial charge in [-0.15, -0.1) is 0 Å². The van der Waals surface area contributed by atoms with E-state index in [1.807, 2.05) is 19.1 Å². The number of urea groups is 1. The first-order valence-electron chi connectivity index (χ1n) is 13.6. The molecule has 0 aromatic heterocycles. The number of ether oxygens (including phenoxy) is 1. The standard InChI is InChI=1S/C31H37ClN4O3/c1-2-39-20-6-17-33-30(37)28-22-27(35-31(38)34-26-11-9-25(32)10-12-26)13-14-29(28)36-18-15-24(16-19-36)21-23-7-4-3-5-8-23/h3-5,7-14,22,24H,2,6,15-21H2,1H3,(H,33,37)(H2,34,35,38). The lowest BCUT2D eigenvalue weighted by atomic mass is 9.89. The molecule has 4 rings (SSSR count). The molecule has 3 N–H and O–H groups in total. The van der Waals surface area contributed by atoms with E-state index < -0.39 is 6.03 Å². The van der Waals surface area contributed by atoms with Crippen molar-refractivity contribution in [3.8, 4) is 0 Å². The van der Waals surface area contributed by atoms with Crippen molar-refractivity contribution in [2.45, 2.75) is 32.6 Å². The highest BCUT2D eigenvalue weighted by molar-refractivity contribution is 6.30. The van der Waals surface area contributed by atoms with Crippen LogP contribution in [-0.2, 0) is 11.2 Å². The van der Waals surface area contributed by atoms with E-state index in [2.05, 4.69) is 51.2 Å². The second kappa shape index (κ2) is 14.6. The highest BCUT2D eigenvalue weighted by Gasteiger charge is 2.24. The summed E-state index contributed by atoms with van der Waals surface area (Å²) >= 11 is 5.93. The van der Waals surface area contributed by atoms with Crippen LogP contribution < -0.4 is 20.9 Å². The van der Waals surface area contributed by atoms with Crippen LogP contribution in [0.1, 0.15) is 42.1 Å². The van der Waals surface area contributed by atoms with Crippen LogP contribution in [-0.4, -0.2) is 44.8 Å². The Morgan fingerprint density at radius 1 is 0.949 bits per heavy atom. The lowest BCUT2D eigenvalue weighted by Crippen LogP contribution is -2.36. The van der Waals surface area contributed by atoms with Crippen molar-refractivity contribution < 1.29 is 14.3 Å². The number of piperidine rings is 1. The topological polar surface area (TPSA) is 82.7 Å². The van der Waals surface area contributed by atoms with Crippen molar-refractivity contribution >= 4 is 40.6 Å². The van der Waals surface area contributed by atoms with Crippen molar-refractivity contribution in [2.24, 2.45) is 5.92 Å². The average Bonchev–Trinajstić information content (AvgIpc) is 2.95. The molecule has 1 aliphatic rings. The zero-order chi connectivity index (χ0) is 27.5. The summed E-state index contributed by atoms with van der Waals surface area (Å²) < 4.78 is 5.39. The van der Waals surface area contributed by atoms with E-state index in [4.69, 9.17) is 16.3 Å². The van der Waals surface area contributed by atoms with Gasteiger partial charge in [0, 0.05) is 54.9 Å². The molecule has 206 valence electrons. The van der Waals surface area contributed by atoms with Gasteiger partial charge in [0.15, 0.2) is 0 Å². The summed E-state index contributed by atoms with van der Waals surface area (Å²) in [6.45, 7) is 5.49. The molecule has 0 radical (unpaired) electrons. The van der Waals surface area contributed by atoms with E-state index in [-0.39, 0.29) is 5.91 Å². The summed E-state index contributed by atoms with van der Waals surface area (Å²) in [5.74, 6) is 0.465. The lowest BCUT2D eigenvalue weighted by Gasteiger charge is -2.35. The molecule has 1 heterocycles. The molecule has 0 saturated carbocycles. The molecule has 0 aliphatic carbocycles. The van der Waals surface area contributed by atoms with Crippen LogP contribution in [0.2, 0.25) is 5.02 Å². The van der Waals surface area contributed by atoms with Crippen LogP contribution in [0.3, 0.4) is 0 Å². The number of carbonyl (C=O) groups is 2. The second-order valence-electron chi connectivity index (χ2n) is 9.74. The van der Waals surface area contributed by atoms with Crippen molar-refractivity contribution in [3.63, 3.8) is 0 Å². The van der Waals surface area contributed by atoms with Gasteiger partial charge in [-0.25, -0.2) is 4.79 Å². The average molecular weight is 549 g/mol. The zero-order valence-electron chi connectivity index (χ0n) is 22.4. The van der Waals surface area contributed by atoms with E-state index in [0.29, 0.717) is 47.6 Å². The third-order valence-corrected chi connectivity index (χ3v) is 7.13. The van der Waals surface area contributed by atoms with Crippen LogP contribution in [0.5, 0.6) is 0 Å². The first-order valence-corrected chi connectivity index (χ1v) is 14.0. The number of halogens is 1. The molecular formula is C31H37ClN4O3. The van der Waals surface area contributed by atoms with Gasteiger partial charge in [0.2, 0.25) is 0 Å². The summed E-state index contributed by atoms with van der Waals surface area (Å²) in [7, 11) is 0. The fraction of sp³-hybridized carbons (Fsp3) is 0.355. The maximum atomic E-state index is 13.3. The summed E-state index contributed by atoms with van der Waals surface area (Å²) in [4.78, 5) is 28.2. The second-order valence-corrected chi connectivity index (χ2v) is 10.2. The quantitative estimate of drug-likeness (QED) is 0.236. The first kappa shape index (κ1) is 28.5. The molecule has 3 aromatic carbocycles. The molecule has 39 heavy (non-hydrogen) atoms. The zero-order valence-corrected chi connectivity index (χ0v) is 23.2. The first-order chi connectivity index (χ1) is 19.0. The molecule has 3 aromatic rings. The molecule has 8 heteroatoms. The molecule has 7 nitrogen and oxygen atoms in total. The Kier molecular flexibility index (Phi) is 10.6.